The molecule has 1 aromatic rings. The van der Waals surface area contributed by atoms with Gasteiger partial charge in [-0.1, -0.05) is 0 Å². The van der Waals surface area contributed by atoms with Crippen molar-refractivity contribution in [2.75, 3.05) is 26.2 Å². The molecule has 106 valence electrons. The Morgan fingerprint density at radius 3 is 2.63 bits per heavy atom. The van der Waals surface area contributed by atoms with Crippen molar-refractivity contribution in [1.82, 2.24) is 10.6 Å². The lowest BCUT2D eigenvalue weighted by atomic mass is 9.90. The summed E-state index contributed by atoms with van der Waals surface area (Å²) in [6.07, 6.45) is 3.30. The van der Waals surface area contributed by atoms with E-state index in [-0.39, 0.29) is 11.4 Å². The lowest BCUT2D eigenvalue weighted by Gasteiger charge is -2.35. The summed E-state index contributed by atoms with van der Waals surface area (Å²) in [6, 6.07) is 6.17. The summed E-state index contributed by atoms with van der Waals surface area (Å²) in [4.78, 5) is 0. The molecule has 1 aliphatic heterocycles. The first-order valence-corrected chi connectivity index (χ1v) is 7.02. The fourth-order valence-electron chi connectivity index (χ4n) is 2.34. The maximum absolute atomic E-state index is 12.7. The van der Waals surface area contributed by atoms with Crippen LogP contribution in [0.5, 0.6) is 5.75 Å². The van der Waals surface area contributed by atoms with E-state index in [1.54, 1.807) is 12.1 Å². The van der Waals surface area contributed by atoms with Crippen LogP contribution in [0, 0.1) is 5.82 Å². The third-order valence-electron chi connectivity index (χ3n) is 3.66. The minimum atomic E-state index is -0.229. The predicted octanol–water partition coefficient (Wildman–Crippen LogP) is 2.33. The summed E-state index contributed by atoms with van der Waals surface area (Å²) in [5, 5.41) is 6.99. The Kier molecular flexibility index (Phi) is 5.16. The summed E-state index contributed by atoms with van der Waals surface area (Å²) in [7, 11) is 0. The van der Waals surface area contributed by atoms with E-state index in [0.717, 1.165) is 31.8 Å². The highest BCUT2D eigenvalue weighted by Gasteiger charge is 2.25. The fraction of sp³-hybridized carbons (Fsp3) is 0.600. The van der Waals surface area contributed by atoms with Gasteiger partial charge in [0.05, 0.1) is 6.61 Å². The first kappa shape index (κ1) is 14.3. The molecule has 0 aliphatic carbocycles. The molecule has 4 heteroatoms. The third-order valence-corrected chi connectivity index (χ3v) is 3.66. The number of hydrogen-bond donors (Lipinski definition) is 2. The zero-order valence-corrected chi connectivity index (χ0v) is 11.5. The minimum absolute atomic E-state index is 0.229. The van der Waals surface area contributed by atoms with Crippen LogP contribution in [-0.4, -0.2) is 31.8 Å². The van der Waals surface area contributed by atoms with Gasteiger partial charge in [-0.15, -0.1) is 0 Å². The largest absolute Gasteiger partial charge is 0.494 e. The Labute approximate surface area is 114 Å². The molecule has 0 spiro atoms. The highest BCUT2D eigenvalue weighted by Crippen LogP contribution is 2.17. The van der Waals surface area contributed by atoms with Gasteiger partial charge in [0, 0.05) is 5.54 Å². The SMILES string of the molecule is CC1(NCCCOc2ccc(F)cc2)CCNCC1. The normalized spacial score (nSPS) is 18.2. The van der Waals surface area contributed by atoms with Gasteiger partial charge < -0.3 is 15.4 Å². The molecule has 1 saturated heterocycles. The maximum atomic E-state index is 12.7. The van der Waals surface area contributed by atoms with Gasteiger partial charge in [0.2, 0.25) is 0 Å². The van der Waals surface area contributed by atoms with Crippen molar-refractivity contribution in [3.05, 3.63) is 30.1 Å². The van der Waals surface area contributed by atoms with Crippen molar-refractivity contribution in [2.45, 2.75) is 31.7 Å². The number of benzene rings is 1. The molecule has 0 atom stereocenters. The zero-order valence-electron chi connectivity index (χ0n) is 11.5. The van der Waals surface area contributed by atoms with Gasteiger partial charge in [0.15, 0.2) is 0 Å². The second-order valence-corrected chi connectivity index (χ2v) is 5.39. The standard InChI is InChI=1S/C15H23FN2O/c1-15(7-10-17-11-8-15)18-9-2-12-19-14-5-3-13(16)4-6-14/h3-6,17-18H,2,7-12H2,1H3. The van der Waals surface area contributed by atoms with Crippen LogP contribution in [-0.2, 0) is 0 Å². The van der Waals surface area contributed by atoms with Crippen LogP contribution < -0.4 is 15.4 Å². The Bertz CT molecular complexity index is 374. The van der Waals surface area contributed by atoms with E-state index in [2.05, 4.69) is 17.6 Å². The quantitative estimate of drug-likeness (QED) is 0.775. The highest BCUT2D eigenvalue weighted by molar-refractivity contribution is 5.21. The molecule has 0 unspecified atom stereocenters. The average molecular weight is 266 g/mol. The molecule has 19 heavy (non-hydrogen) atoms. The van der Waals surface area contributed by atoms with E-state index < -0.39 is 0 Å². The Hall–Kier alpha value is -1.13. The second kappa shape index (κ2) is 6.87. The first-order chi connectivity index (χ1) is 9.18. The van der Waals surface area contributed by atoms with Gasteiger partial charge in [-0.2, -0.15) is 0 Å². The van der Waals surface area contributed by atoms with E-state index in [9.17, 15) is 4.39 Å². The van der Waals surface area contributed by atoms with Gasteiger partial charge in [0.25, 0.3) is 0 Å². The van der Waals surface area contributed by atoms with Crippen molar-refractivity contribution in [1.29, 1.82) is 0 Å². The van der Waals surface area contributed by atoms with Gasteiger partial charge in [-0.3, -0.25) is 0 Å². The number of piperidine rings is 1. The Balaban J connectivity index is 1.60. The molecule has 0 amide bonds. The maximum Gasteiger partial charge on any atom is 0.123 e. The monoisotopic (exact) mass is 266 g/mol. The Morgan fingerprint density at radius 1 is 1.26 bits per heavy atom. The molecule has 3 nitrogen and oxygen atoms in total. The zero-order chi connectivity index (χ0) is 13.6. The second-order valence-electron chi connectivity index (χ2n) is 5.39. The summed E-state index contributed by atoms with van der Waals surface area (Å²) < 4.78 is 18.3. The van der Waals surface area contributed by atoms with E-state index in [4.69, 9.17) is 4.74 Å². The van der Waals surface area contributed by atoms with E-state index in [1.807, 2.05) is 0 Å². The number of hydrogen-bond acceptors (Lipinski definition) is 3. The van der Waals surface area contributed by atoms with E-state index >= 15 is 0 Å². The molecule has 0 aromatic heterocycles. The van der Waals surface area contributed by atoms with Gasteiger partial charge >= 0.3 is 0 Å². The molecule has 1 fully saturated rings. The van der Waals surface area contributed by atoms with Crippen LogP contribution >= 0.6 is 0 Å². The fourth-order valence-corrected chi connectivity index (χ4v) is 2.34. The highest BCUT2D eigenvalue weighted by atomic mass is 19.1. The average Bonchev–Trinajstić information content (AvgIpc) is 2.41. The first-order valence-electron chi connectivity index (χ1n) is 7.02. The molecular formula is C15H23FN2O. The van der Waals surface area contributed by atoms with Crippen molar-refractivity contribution in [2.24, 2.45) is 0 Å². The van der Waals surface area contributed by atoms with Crippen LogP contribution in [0.4, 0.5) is 4.39 Å². The summed E-state index contributed by atoms with van der Waals surface area (Å²) in [6.45, 7) is 6.09. The molecule has 2 N–H and O–H groups in total. The summed E-state index contributed by atoms with van der Waals surface area (Å²) in [5.74, 6) is 0.502. The molecule has 2 rings (SSSR count). The van der Waals surface area contributed by atoms with Crippen LogP contribution in [0.3, 0.4) is 0 Å². The van der Waals surface area contributed by atoms with Gasteiger partial charge in [-0.25, -0.2) is 4.39 Å². The lowest BCUT2D eigenvalue weighted by Crippen LogP contribution is -2.50. The minimum Gasteiger partial charge on any atom is -0.494 e. The van der Waals surface area contributed by atoms with Gasteiger partial charge in [0.1, 0.15) is 11.6 Å². The number of rotatable bonds is 6. The lowest BCUT2D eigenvalue weighted by molar-refractivity contribution is 0.250. The predicted molar refractivity (Wildman–Crippen MR) is 75.0 cm³/mol. The Morgan fingerprint density at radius 2 is 1.95 bits per heavy atom. The molecule has 0 radical (unpaired) electrons. The summed E-state index contributed by atoms with van der Waals surface area (Å²) in [5.41, 5.74) is 0.265. The van der Waals surface area contributed by atoms with E-state index in [1.165, 1.54) is 25.0 Å². The van der Waals surface area contributed by atoms with Crippen molar-refractivity contribution >= 4 is 0 Å². The van der Waals surface area contributed by atoms with Crippen molar-refractivity contribution in [3.63, 3.8) is 0 Å². The van der Waals surface area contributed by atoms with E-state index in [0.29, 0.717) is 6.61 Å². The van der Waals surface area contributed by atoms with Crippen LogP contribution in [0.15, 0.2) is 24.3 Å². The third kappa shape index (κ3) is 4.80. The van der Waals surface area contributed by atoms with Gasteiger partial charge in [-0.05, 0) is 70.1 Å². The van der Waals surface area contributed by atoms with Crippen LogP contribution in [0.25, 0.3) is 0 Å². The van der Waals surface area contributed by atoms with Crippen LogP contribution in [0.1, 0.15) is 26.2 Å². The molecule has 0 saturated carbocycles. The molecule has 1 aromatic carbocycles. The summed E-state index contributed by atoms with van der Waals surface area (Å²) >= 11 is 0. The topological polar surface area (TPSA) is 33.3 Å². The number of ether oxygens (including phenoxy) is 1. The van der Waals surface area contributed by atoms with Crippen molar-refractivity contribution < 1.29 is 9.13 Å². The molecule has 0 bridgehead atoms. The molecule has 1 aliphatic rings. The smallest absolute Gasteiger partial charge is 0.123 e. The number of nitrogens with one attached hydrogen (secondary N) is 2. The molecular weight excluding hydrogens is 243 g/mol. The number of halogens is 1. The van der Waals surface area contributed by atoms with Crippen LogP contribution in [0.2, 0.25) is 0 Å². The molecule has 1 heterocycles. The van der Waals surface area contributed by atoms with Crippen molar-refractivity contribution in [3.8, 4) is 5.75 Å².